The van der Waals surface area contributed by atoms with Crippen molar-refractivity contribution in [3.63, 3.8) is 0 Å². The molecule has 5 rings (SSSR count). The fourth-order valence-corrected chi connectivity index (χ4v) is 4.68. The van der Waals surface area contributed by atoms with Crippen LogP contribution in [0, 0.1) is 0 Å². The second-order valence-electron chi connectivity index (χ2n) is 8.06. The van der Waals surface area contributed by atoms with E-state index in [1.54, 1.807) is 0 Å². The molecule has 4 N–H and O–H groups in total. The number of anilines is 1. The van der Waals surface area contributed by atoms with E-state index in [0.29, 0.717) is 19.2 Å². The van der Waals surface area contributed by atoms with Crippen LogP contribution in [0.4, 0.5) is 5.69 Å². The Bertz CT molecular complexity index is 956. The van der Waals surface area contributed by atoms with E-state index in [9.17, 15) is 0 Å². The van der Waals surface area contributed by atoms with Crippen LogP contribution < -0.4 is 16.4 Å². The molecule has 0 atom stereocenters. The number of benzene rings is 2. The van der Waals surface area contributed by atoms with Gasteiger partial charge in [0, 0.05) is 11.3 Å². The van der Waals surface area contributed by atoms with Crippen molar-refractivity contribution in [3.8, 4) is 11.1 Å². The van der Waals surface area contributed by atoms with E-state index in [4.69, 9.17) is 25.9 Å². The molecule has 1 spiro atoms. The second kappa shape index (κ2) is 7.74. The van der Waals surface area contributed by atoms with Crippen molar-refractivity contribution >= 4 is 17.6 Å². The minimum atomic E-state index is -0.418. The van der Waals surface area contributed by atoms with E-state index in [1.165, 1.54) is 6.42 Å². The first-order valence-electron chi connectivity index (χ1n) is 10.6. The summed E-state index contributed by atoms with van der Waals surface area (Å²) in [7, 11) is 0. The molecule has 1 aliphatic carbocycles. The molecule has 2 heterocycles. The molecule has 7 heteroatoms. The van der Waals surface area contributed by atoms with Crippen molar-refractivity contribution in [1.82, 2.24) is 0 Å². The first-order valence-corrected chi connectivity index (χ1v) is 10.6. The fraction of sp³-hybridized carbons (Fsp3) is 0.391. The summed E-state index contributed by atoms with van der Waals surface area (Å²) in [5.74, 6) is 0.690. The molecule has 3 aliphatic rings. The molecule has 2 aromatic rings. The fourth-order valence-electron chi connectivity index (χ4n) is 4.68. The van der Waals surface area contributed by atoms with Crippen LogP contribution in [-0.4, -0.2) is 30.8 Å². The predicted molar refractivity (Wildman–Crippen MR) is 118 cm³/mol. The van der Waals surface area contributed by atoms with E-state index < -0.39 is 5.66 Å². The van der Waals surface area contributed by atoms with Gasteiger partial charge >= 0.3 is 0 Å². The third-order valence-electron chi connectivity index (χ3n) is 6.11. The van der Waals surface area contributed by atoms with Crippen molar-refractivity contribution in [2.45, 2.75) is 44.1 Å². The average molecular weight is 406 g/mol. The highest BCUT2D eigenvalue weighted by Crippen LogP contribution is 2.40. The lowest BCUT2D eigenvalue weighted by Gasteiger charge is -2.45. The summed E-state index contributed by atoms with van der Waals surface area (Å²) in [6, 6.07) is 16.7. The molecule has 30 heavy (non-hydrogen) atoms. The number of nitrogens with zero attached hydrogens (tertiary/aromatic N) is 3. The highest BCUT2D eigenvalue weighted by atomic mass is 16.7. The number of hydrogen-bond donors (Lipinski definition) is 2. The Hall–Kier alpha value is -2.90. The minimum Gasteiger partial charge on any atom is -0.369 e. The number of aliphatic imine (C=N–C) groups is 2. The van der Waals surface area contributed by atoms with Gasteiger partial charge in [0.2, 0.25) is 11.9 Å². The van der Waals surface area contributed by atoms with Gasteiger partial charge in [0.15, 0.2) is 6.29 Å². The van der Waals surface area contributed by atoms with Gasteiger partial charge in [-0.3, -0.25) is 4.90 Å². The quantitative estimate of drug-likeness (QED) is 0.814. The van der Waals surface area contributed by atoms with Gasteiger partial charge in [-0.25, -0.2) is 4.99 Å². The summed E-state index contributed by atoms with van der Waals surface area (Å²) in [4.78, 5) is 11.0. The molecule has 2 fully saturated rings. The second-order valence-corrected chi connectivity index (χ2v) is 8.06. The summed E-state index contributed by atoms with van der Waals surface area (Å²) < 4.78 is 11.1. The Kier molecular flexibility index (Phi) is 4.92. The Morgan fingerprint density at radius 3 is 2.07 bits per heavy atom. The number of nitrogens with two attached hydrogens (primary N) is 2. The smallest absolute Gasteiger partial charge is 0.220 e. The van der Waals surface area contributed by atoms with Crippen LogP contribution in [0.25, 0.3) is 11.1 Å². The van der Waals surface area contributed by atoms with Crippen LogP contribution >= 0.6 is 0 Å². The van der Waals surface area contributed by atoms with Gasteiger partial charge in [0.05, 0.1) is 13.2 Å². The summed E-state index contributed by atoms with van der Waals surface area (Å²) in [6.07, 6.45) is 5.05. The SMILES string of the molecule is NC1=NC2(CCCCC2)N(c2ccc(-c3ccc(C4OCCO4)cc3)cc2)C(N)=N1. The Morgan fingerprint density at radius 1 is 0.833 bits per heavy atom. The Labute approximate surface area is 176 Å². The highest BCUT2D eigenvalue weighted by molar-refractivity contribution is 6.05. The molecule has 0 bridgehead atoms. The maximum absolute atomic E-state index is 6.32. The lowest BCUT2D eigenvalue weighted by atomic mass is 9.87. The summed E-state index contributed by atoms with van der Waals surface area (Å²) in [6.45, 7) is 1.29. The molecule has 156 valence electrons. The van der Waals surface area contributed by atoms with E-state index in [1.807, 2.05) is 0 Å². The van der Waals surface area contributed by atoms with Gasteiger partial charge in [-0.2, -0.15) is 4.99 Å². The zero-order valence-electron chi connectivity index (χ0n) is 17.0. The topological polar surface area (TPSA) is 98.5 Å². The number of ether oxygens (including phenoxy) is 2. The van der Waals surface area contributed by atoms with Gasteiger partial charge in [0.25, 0.3) is 0 Å². The van der Waals surface area contributed by atoms with Crippen LogP contribution in [0.2, 0.25) is 0 Å². The third kappa shape index (κ3) is 3.44. The van der Waals surface area contributed by atoms with Crippen LogP contribution in [0.15, 0.2) is 58.5 Å². The van der Waals surface area contributed by atoms with Crippen molar-refractivity contribution < 1.29 is 9.47 Å². The van der Waals surface area contributed by atoms with Crippen molar-refractivity contribution in [2.75, 3.05) is 18.1 Å². The molecule has 0 amide bonds. The van der Waals surface area contributed by atoms with E-state index >= 15 is 0 Å². The van der Waals surface area contributed by atoms with Crippen LogP contribution in [0.1, 0.15) is 44.0 Å². The molecule has 0 radical (unpaired) electrons. The largest absolute Gasteiger partial charge is 0.369 e. The normalized spacial score (nSPS) is 21.5. The third-order valence-corrected chi connectivity index (χ3v) is 6.11. The van der Waals surface area contributed by atoms with Gasteiger partial charge in [0.1, 0.15) is 5.66 Å². The molecule has 7 nitrogen and oxygen atoms in total. The number of hydrogen-bond acceptors (Lipinski definition) is 7. The van der Waals surface area contributed by atoms with Crippen LogP contribution in [0.5, 0.6) is 0 Å². The average Bonchev–Trinajstić information content (AvgIpc) is 3.29. The molecular formula is C23H27N5O2. The van der Waals surface area contributed by atoms with Crippen molar-refractivity contribution in [1.29, 1.82) is 0 Å². The first-order chi connectivity index (χ1) is 14.6. The van der Waals surface area contributed by atoms with E-state index in [2.05, 4.69) is 58.4 Å². The monoisotopic (exact) mass is 405 g/mol. The Morgan fingerprint density at radius 2 is 1.43 bits per heavy atom. The van der Waals surface area contributed by atoms with Crippen molar-refractivity contribution in [2.24, 2.45) is 21.5 Å². The number of guanidine groups is 2. The molecule has 1 saturated heterocycles. The molecule has 0 unspecified atom stereocenters. The minimum absolute atomic E-state index is 0.248. The van der Waals surface area contributed by atoms with Crippen LogP contribution in [-0.2, 0) is 9.47 Å². The van der Waals surface area contributed by atoms with Gasteiger partial charge in [-0.1, -0.05) is 42.8 Å². The molecule has 0 aromatic heterocycles. The molecule has 2 aromatic carbocycles. The van der Waals surface area contributed by atoms with Crippen molar-refractivity contribution in [3.05, 3.63) is 54.1 Å². The standard InChI is InChI=1S/C23H27N5O2/c24-21-26-22(25)28(23(27-21)12-2-1-3-13-23)19-10-8-17(9-11-19)16-4-6-18(7-5-16)20-29-14-15-30-20/h4-11,20H,1-3,12-15H2,(H4,24,25,26,27). The lowest BCUT2D eigenvalue weighted by Crippen LogP contribution is -2.58. The molecule has 1 saturated carbocycles. The van der Waals surface area contributed by atoms with E-state index in [-0.39, 0.29) is 12.2 Å². The lowest BCUT2D eigenvalue weighted by molar-refractivity contribution is -0.0441. The highest BCUT2D eigenvalue weighted by Gasteiger charge is 2.42. The zero-order chi connectivity index (χ0) is 20.6. The Balaban J connectivity index is 1.40. The zero-order valence-corrected chi connectivity index (χ0v) is 17.0. The maximum Gasteiger partial charge on any atom is 0.220 e. The first kappa shape index (κ1) is 19.1. The summed E-state index contributed by atoms with van der Waals surface area (Å²) >= 11 is 0. The number of rotatable bonds is 3. The maximum atomic E-state index is 6.32. The van der Waals surface area contributed by atoms with Gasteiger partial charge in [-0.05, 0) is 48.9 Å². The molecule has 2 aliphatic heterocycles. The molecular weight excluding hydrogens is 378 g/mol. The van der Waals surface area contributed by atoms with E-state index in [0.717, 1.165) is 48.1 Å². The summed E-state index contributed by atoms with van der Waals surface area (Å²) in [5, 5.41) is 0. The predicted octanol–water partition coefficient (Wildman–Crippen LogP) is 3.51. The van der Waals surface area contributed by atoms with Gasteiger partial charge in [-0.15, -0.1) is 0 Å². The summed E-state index contributed by atoms with van der Waals surface area (Å²) in [5.41, 5.74) is 16.2. The van der Waals surface area contributed by atoms with Crippen LogP contribution in [0.3, 0.4) is 0 Å². The van der Waals surface area contributed by atoms with Gasteiger partial charge < -0.3 is 20.9 Å².